The van der Waals surface area contributed by atoms with Gasteiger partial charge in [-0.1, -0.05) is 65.8 Å². The van der Waals surface area contributed by atoms with Crippen LogP contribution in [0.5, 0.6) is 5.75 Å². The molecule has 8 heteroatoms. The lowest BCUT2D eigenvalue weighted by molar-refractivity contribution is -0.131. The number of hydrogen-bond acceptors (Lipinski definition) is 3. The molecule has 1 heterocycles. The molecule has 0 N–H and O–H groups in total. The quantitative estimate of drug-likeness (QED) is 0.118. The topological polar surface area (TPSA) is 38.8 Å². The molecule has 3 aromatic carbocycles. The number of carbonyl (C=O) groups excluding carboxylic acids is 1. The number of anilines is 1. The summed E-state index contributed by atoms with van der Waals surface area (Å²) < 4.78 is 28.5. The van der Waals surface area contributed by atoms with E-state index in [1.54, 1.807) is 0 Å². The van der Waals surface area contributed by atoms with Gasteiger partial charge >= 0.3 is 0 Å². The van der Waals surface area contributed by atoms with Crippen LogP contribution in [0.15, 0.2) is 72.8 Å². The van der Waals surface area contributed by atoms with Crippen molar-refractivity contribution in [2.24, 2.45) is 5.92 Å². The second-order valence-electron chi connectivity index (χ2n) is 15.2. The Balaban J connectivity index is 1.63. The summed E-state index contributed by atoms with van der Waals surface area (Å²) in [7, 11) is -4.11. The van der Waals surface area contributed by atoms with Crippen molar-refractivity contribution in [1.82, 2.24) is 0 Å². The Morgan fingerprint density at radius 2 is 1.36 bits per heavy atom. The third-order valence-electron chi connectivity index (χ3n) is 9.94. The lowest BCUT2D eigenvalue weighted by Crippen LogP contribution is -2.55. The van der Waals surface area contributed by atoms with E-state index in [0.29, 0.717) is 12.8 Å². The molecule has 238 valence electrons. The average molecular weight is 746 g/mol. The summed E-state index contributed by atoms with van der Waals surface area (Å²) in [6.07, 6.45) is 1.14. The molecule has 0 bridgehead atoms. The van der Waals surface area contributed by atoms with Crippen molar-refractivity contribution in [2.45, 2.75) is 103 Å². The number of amides is 1. The van der Waals surface area contributed by atoms with Crippen LogP contribution in [-0.4, -0.2) is 22.5 Å². The molecule has 0 aliphatic carbocycles. The maximum atomic E-state index is 13.9. The predicted octanol–water partition coefficient (Wildman–Crippen LogP) is 11.1. The summed E-state index contributed by atoms with van der Waals surface area (Å²) in [5, 5.41) is 0.127. The summed E-state index contributed by atoms with van der Waals surface area (Å²) in [5.41, 5.74) is 2.96. The van der Waals surface area contributed by atoms with Gasteiger partial charge in [-0.25, -0.2) is 4.39 Å². The maximum Gasteiger partial charge on any atom is 0.250 e. The summed E-state index contributed by atoms with van der Waals surface area (Å²) in [6.45, 7) is 22.4. The van der Waals surface area contributed by atoms with Crippen molar-refractivity contribution >= 4 is 50.8 Å². The molecule has 4 nitrogen and oxygen atoms in total. The SMILES string of the molecule is CC(C)(C)[Si](C)(C)Oc1ccc([C@@H]2[C@@H](CC[C@H](O[Si](C)(C)C(C)(C)C)c3ccc(F)cc3)C(=O)N2c2ccc(I)cc2)cc1. The van der Waals surface area contributed by atoms with E-state index in [0.717, 1.165) is 26.1 Å². The van der Waals surface area contributed by atoms with E-state index >= 15 is 0 Å². The molecule has 0 aromatic heterocycles. The minimum Gasteiger partial charge on any atom is -0.544 e. The van der Waals surface area contributed by atoms with Crippen LogP contribution in [0.2, 0.25) is 36.3 Å². The van der Waals surface area contributed by atoms with Crippen LogP contribution in [-0.2, 0) is 9.22 Å². The van der Waals surface area contributed by atoms with E-state index in [-0.39, 0.29) is 39.9 Å². The minimum absolute atomic E-state index is 0.0238. The van der Waals surface area contributed by atoms with Gasteiger partial charge in [-0.15, -0.1) is 0 Å². The van der Waals surface area contributed by atoms with E-state index in [2.05, 4.69) is 115 Å². The van der Waals surface area contributed by atoms with Crippen LogP contribution < -0.4 is 9.33 Å². The fourth-order valence-corrected chi connectivity index (χ4v) is 7.83. The van der Waals surface area contributed by atoms with E-state index in [1.165, 1.54) is 12.1 Å². The molecule has 3 atom stereocenters. The summed E-state index contributed by atoms with van der Waals surface area (Å²) in [5.74, 6) is 0.557. The number of hydrogen-bond donors (Lipinski definition) is 0. The highest BCUT2D eigenvalue weighted by Crippen LogP contribution is 2.48. The Morgan fingerprint density at radius 1 is 0.818 bits per heavy atom. The fourth-order valence-electron chi connectivity index (χ4n) is 5.12. The van der Waals surface area contributed by atoms with Gasteiger partial charge in [0.2, 0.25) is 14.2 Å². The monoisotopic (exact) mass is 745 g/mol. The van der Waals surface area contributed by atoms with Crippen molar-refractivity contribution in [3.63, 3.8) is 0 Å². The number of nitrogens with zero attached hydrogens (tertiary/aromatic N) is 1. The van der Waals surface area contributed by atoms with Gasteiger partial charge in [0.25, 0.3) is 0 Å². The van der Waals surface area contributed by atoms with Gasteiger partial charge in [-0.2, -0.15) is 0 Å². The van der Waals surface area contributed by atoms with Gasteiger partial charge in [0, 0.05) is 9.26 Å². The van der Waals surface area contributed by atoms with Crippen LogP contribution in [0.1, 0.15) is 77.7 Å². The molecule has 0 spiro atoms. The van der Waals surface area contributed by atoms with Gasteiger partial charge < -0.3 is 13.8 Å². The number of carbonyl (C=O) groups is 1. The zero-order chi connectivity index (χ0) is 32.7. The molecule has 0 radical (unpaired) electrons. The zero-order valence-electron chi connectivity index (χ0n) is 28.0. The molecule has 1 aliphatic rings. The number of β-lactam (4-membered cyclic amide) rings is 1. The molecular formula is C36H49FINO3Si2. The Kier molecular flexibility index (Phi) is 10.3. The van der Waals surface area contributed by atoms with E-state index < -0.39 is 16.6 Å². The highest BCUT2D eigenvalue weighted by Gasteiger charge is 2.49. The molecule has 1 saturated heterocycles. The fraction of sp³-hybridized carbons (Fsp3) is 0.472. The lowest BCUT2D eigenvalue weighted by atomic mass is 9.78. The number of benzene rings is 3. The van der Waals surface area contributed by atoms with Crippen molar-refractivity contribution in [2.75, 3.05) is 4.90 Å². The van der Waals surface area contributed by atoms with Gasteiger partial charge in [-0.05, 0) is 131 Å². The van der Waals surface area contributed by atoms with Crippen molar-refractivity contribution < 1.29 is 18.0 Å². The average Bonchev–Trinajstić information content (AvgIpc) is 2.91. The molecule has 0 saturated carbocycles. The molecule has 1 aliphatic heterocycles. The minimum atomic E-state index is -2.14. The predicted molar refractivity (Wildman–Crippen MR) is 194 cm³/mol. The Morgan fingerprint density at radius 3 is 1.89 bits per heavy atom. The molecule has 1 amide bonds. The zero-order valence-corrected chi connectivity index (χ0v) is 32.2. The third-order valence-corrected chi connectivity index (χ3v) is 19.5. The smallest absolute Gasteiger partial charge is 0.250 e. The molecular weight excluding hydrogens is 696 g/mol. The molecule has 44 heavy (non-hydrogen) atoms. The van der Waals surface area contributed by atoms with Crippen LogP contribution in [0.4, 0.5) is 10.1 Å². The Labute approximate surface area is 280 Å². The summed E-state index contributed by atoms with van der Waals surface area (Å²) in [4.78, 5) is 15.8. The first-order valence-corrected chi connectivity index (χ1v) is 22.5. The maximum absolute atomic E-state index is 13.9. The summed E-state index contributed by atoms with van der Waals surface area (Å²) >= 11 is 2.29. The standard InChI is InChI=1S/C36H49FINO3Si2/c1-35(2,3)43(7,8)41-30-21-13-26(14-22-30)33-31(34(40)39(33)29-19-17-28(38)18-20-29)23-24-32(25-11-15-27(37)16-12-25)42-44(9,10)36(4,5)6/h11-22,31-33H,23-24H2,1-10H3/t31-,32+,33-/m1/s1. The number of rotatable bonds is 10. The Hall–Kier alpha value is -2.02. The van der Waals surface area contributed by atoms with Crippen molar-refractivity contribution in [3.8, 4) is 5.75 Å². The van der Waals surface area contributed by atoms with Gasteiger partial charge in [0.1, 0.15) is 11.6 Å². The van der Waals surface area contributed by atoms with Gasteiger partial charge in [0.15, 0.2) is 8.32 Å². The highest BCUT2D eigenvalue weighted by atomic mass is 127. The van der Waals surface area contributed by atoms with Crippen LogP contribution in [0.25, 0.3) is 0 Å². The van der Waals surface area contributed by atoms with Crippen molar-refractivity contribution in [3.05, 3.63) is 93.3 Å². The largest absolute Gasteiger partial charge is 0.544 e. The van der Waals surface area contributed by atoms with Gasteiger partial charge in [-0.3, -0.25) is 4.79 Å². The molecule has 1 fully saturated rings. The van der Waals surface area contributed by atoms with E-state index in [9.17, 15) is 9.18 Å². The molecule has 4 rings (SSSR count). The first-order chi connectivity index (χ1) is 20.3. The molecule has 3 aromatic rings. The normalized spacial score (nSPS) is 18.6. The highest BCUT2D eigenvalue weighted by molar-refractivity contribution is 14.1. The first-order valence-electron chi connectivity index (χ1n) is 15.6. The van der Waals surface area contributed by atoms with E-state index in [4.69, 9.17) is 8.85 Å². The van der Waals surface area contributed by atoms with Gasteiger partial charge in [0.05, 0.1) is 18.1 Å². The second-order valence-corrected chi connectivity index (χ2v) is 25.9. The lowest BCUT2D eigenvalue weighted by Gasteiger charge is -2.48. The van der Waals surface area contributed by atoms with Crippen LogP contribution >= 0.6 is 22.6 Å². The first kappa shape index (κ1) is 34.8. The second kappa shape index (κ2) is 13.0. The van der Waals surface area contributed by atoms with Crippen molar-refractivity contribution in [1.29, 1.82) is 0 Å². The Bertz CT molecular complexity index is 1430. The van der Waals surface area contributed by atoms with E-state index in [1.807, 2.05) is 41.3 Å². The summed E-state index contributed by atoms with van der Waals surface area (Å²) in [6, 6.07) is 23.1. The van der Waals surface area contributed by atoms with Crippen LogP contribution in [0.3, 0.4) is 0 Å². The van der Waals surface area contributed by atoms with Crippen LogP contribution in [0, 0.1) is 15.3 Å². The molecule has 0 unspecified atom stereocenters. The number of halogens is 2. The third kappa shape index (κ3) is 7.67.